The maximum absolute atomic E-state index is 12.3. The minimum absolute atomic E-state index is 0.0235. The molecule has 3 aromatic rings. The summed E-state index contributed by atoms with van der Waals surface area (Å²) >= 11 is 3.37. The van der Waals surface area contributed by atoms with Crippen molar-refractivity contribution in [2.24, 2.45) is 0 Å². The zero-order valence-electron chi connectivity index (χ0n) is 12.9. The monoisotopic (exact) mass is 416 g/mol. The van der Waals surface area contributed by atoms with Crippen LogP contribution >= 0.6 is 15.9 Å². The van der Waals surface area contributed by atoms with Crippen LogP contribution in [0.2, 0.25) is 0 Å². The van der Waals surface area contributed by atoms with Crippen LogP contribution in [0.3, 0.4) is 0 Å². The summed E-state index contributed by atoms with van der Waals surface area (Å²) in [5.74, 6) is 1.16. The summed E-state index contributed by atoms with van der Waals surface area (Å²) in [7, 11) is -3.72. The van der Waals surface area contributed by atoms with Crippen molar-refractivity contribution in [3.8, 4) is 17.4 Å². The standard InChI is InChI=1S/C18H13BrN2O3S/c19-15-6-4-14(5-7-15)18-9-8-16(24-18)12-21-25(22,23)17-3-1-2-13(10-17)11-20/h1-10,21H,12H2. The molecule has 0 radical (unpaired) electrons. The van der Waals surface area contributed by atoms with E-state index in [-0.39, 0.29) is 11.4 Å². The highest BCUT2D eigenvalue weighted by Gasteiger charge is 2.15. The average molecular weight is 417 g/mol. The Morgan fingerprint density at radius 2 is 1.84 bits per heavy atom. The number of benzene rings is 2. The zero-order chi connectivity index (χ0) is 17.9. The summed E-state index contributed by atoms with van der Waals surface area (Å²) in [5.41, 5.74) is 1.19. The molecule has 1 N–H and O–H groups in total. The predicted octanol–water partition coefficient (Wildman–Crippen LogP) is 4.06. The van der Waals surface area contributed by atoms with Crippen molar-refractivity contribution in [2.45, 2.75) is 11.4 Å². The molecule has 0 aliphatic carbocycles. The molecule has 0 aliphatic heterocycles. The maximum atomic E-state index is 12.3. The fourth-order valence-electron chi connectivity index (χ4n) is 2.22. The van der Waals surface area contributed by atoms with Crippen molar-refractivity contribution in [3.05, 3.63) is 76.5 Å². The maximum Gasteiger partial charge on any atom is 0.241 e. The van der Waals surface area contributed by atoms with Crippen LogP contribution in [0.4, 0.5) is 0 Å². The van der Waals surface area contributed by atoms with Gasteiger partial charge in [-0.25, -0.2) is 13.1 Å². The van der Waals surface area contributed by atoms with E-state index < -0.39 is 10.0 Å². The summed E-state index contributed by atoms with van der Waals surface area (Å²) in [5, 5.41) is 8.88. The number of sulfonamides is 1. The number of nitrogens with zero attached hydrogens (tertiary/aromatic N) is 1. The van der Waals surface area contributed by atoms with E-state index in [1.807, 2.05) is 30.3 Å². The van der Waals surface area contributed by atoms with Gasteiger partial charge in [-0.2, -0.15) is 5.26 Å². The van der Waals surface area contributed by atoms with Crippen LogP contribution in [-0.2, 0) is 16.6 Å². The number of rotatable bonds is 5. The second-order valence-corrected chi connectivity index (χ2v) is 7.92. The first-order valence-electron chi connectivity index (χ1n) is 7.32. The van der Waals surface area contributed by atoms with Gasteiger partial charge < -0.3 is 4.42 Å². The Morgan fingerprint density at radius 1 is 1.08 bits per heavy atom. The fourth-order valence-corrected chi connectivity index (χ4v) is 3.53. The molecule has 0 atom stereocenters. The molecular weight excluding hydrogens is 404 g/mol. The quantitative estimate of drug-likeness (QED) is 0.679. The Hall–Kier alpha value is -2.40. The first kappa shape index (κ1) is 17.4. The summed E-state index contributed by atoms with van der Waals surface area (Å²) in [6.07, 6.45) is 0. The van der Waals surface area contributed by atoms with Crippen LogP contribution in [0, 0.1) is 11.3 Å². The summed E-state index contributed by atoms with van der Waals surface area (Å²) in [4.78, 5) is 0.0474. The largest absolute Gasteiger partial charge is 0.460 e. The highest BCUT2D eigenvalue weighted by atomic mass is 79.9. The number of nitrogens with one attached hydrogen (secondary N) is 1. The summed E-state index contributed by atoms with van der Waals surface area (Å²) in [6, 6.07) is 18.9. The van der Waals surface area contributed by atoms with E-state index in [1.54, 1.807) is 18.2 Å². The minimum atomic E-state index is -3.72. The molecule has 0 fully saturated rings. The normalized spacial score (nSPS) is 11.2. The third-order valence-electron chi connectivity index (χ3n) is 3.50. The van der Waals surface area contributed by atoms with E-state index in [1.165, 1.54) is 18.2 Å². The first-order valence-corrected chi connectivity index (χ1v) is 9.60. The third kappa shape index (κ3) is 4.17. The lowest BCUT2D eigenvalue weighted by atomic mass is 10.2. The van der Waals surface area contributed by atoms with Gasteiger partial charge in [0, 0.05) is 10.0 Å². The van der Waals surface area contributed by atoms with Gasteiger partial charge in [-0.05, 0) is 42.5 Å². The fraction of sp³-hybridized carbons (Fsp3) is 0.0556. The smallest absolute Gasteiger partial charge is 0.241 e. The van der Waals surface area contributed by atoms with Gasteiger partial charge in [-0.3, -0.25) is 0 Å². The molecule has 0 saturated carbocycles. The van der Waals surface area contributed by atoms with Crippen molar-refractivity contribution in [2.75, 3.05) is 0 Å². The van der Waals surface area contributed by atoms with Crippen LogP contribution in [0.15, 0.2) is 74.4 Å². The molecule has 1 heterocycles. The van der Waals surface area contributed by atoms with Crippen molar-refractivity contribution >= 4 is 26.0 Å². The van der Waals surface area contributed by atoms with Crippen LogP contribution in [-0.4, -0.2) is 8.42 Å². The SMILES string of the molecule is N#Cc1cccc(S(=O)(=O)NCc2ccc(-c3ccc(Br)cc3)o2)c1. The Kier molecular flexibility index (Phi) is 5.04. The molecule has 5 nitrogen and oxygen atoms in total. The van der Waals surface area contributed by atoms with Gasteiger partial charge in [0.05, 0.1) is 23.1 Å². The van der Waals surface area contributed by atoms with E-state index in [9.17, 15) is 8.42 Å². The number of hydrogen-bond acceptors (Lipinski definition) is 4. The molecule has 0 amide bonds. The molecule has 0 unspecified atom stereocenters. The van der Waals surface area contributed by atoms with Crippen LogP contribution < -0.4 is 4.72 Å². The number of halogens is 1. The van der Waals surface area contributed by atoms with Crippen molar-refractivity contribution in [3.63, 3.8) is 0 Å². The van der Waals surface area contributed by atoms with Gasteiger partial charge in [0.25, 0.3) is 0 Å². The van der Waals surface area contributed by atoms with Crippen molar-refractivity contribution in [1.82, 2.24) is 4.72 Å². The molecule has 25 heavy (non-hydrogen) atoms. The van der Waals surface area contributed by atoms with E-state index >= 15 is 0 Å². The molecule has 0 bridgehead atoms. The Labute approximate surface area is 154 Å². The lowest BCUT2D eigenvalue weighted by molar-refractivity contribution is 0.509. The Balaban J connectivity index is 1.73. The number of nitriles is 1. The van der Waals surface area contributed by atoms with E-state index in [2.05, 4.69) is 20.7 Å². The Bertz CT molecular complexity index is 1030. The predicted molar refractivity (Wildman–Crippen MR) is 97.0 cm³/mol. The molecule has 7 heteroatoms. The Morgan fingerprint density at radius 3 is 2.56 bits per heavy atom. The topological polar surface area (TPSA) is 83.1 Å². The molecule has 126 valence electrons. The van der Waals surface area contributed by atoms with Crippen molar-refractivity contribution in [1.29, 1.82) is 5.26 Å². The van der Waals surface area contributed by atoms with Gasteiger partial charge in [-0.1, -0.05) is 34.1 Å². The molecular formula is C18H13BrN2O3S. The molecule has 0 saturated heterocycles. The van der Waals surface area contributed by atoms with Gasteiger partial charge in [0.2, 0.25) is 10.0 Å². The summed E-state index contributed by atoms with van der Waals surface area (Å²) < 4.78 is 33.8. The number of furan rings is 1. The van der Waals surface area contributed by atoms with E-state index in [0.29, 0.717) is 17.1 Å². The second-order valence-electron chi connectivity index (χ2n) is 5.24. The molecule has 0 spiro atoms. The average Bonchev–Trinajstić information content (AvgIpc) is 3.10. The van der Waals surface area contributed by atoms with Crippen LogP contribution in [0.1, 0.15) is 11.3 Å². The molecule has 0 aliphatic rings. The lowest BCUT2D eigenvalue weighted by Crippen LogP contribution is -2.23. The lowest BCUT2D eigenvalue weighted by Gasteiger charge is -2.05. The molecule has 2 aromatic carbocycles. The van der Waals surface area contributed by atoms with Gasteiger partial charge in [0.15, 0.2) is 0 Å². The van der Waals surface area contributed by atoms with Crippen molar-refractivity contribution < 1.29 is 12.8 Å². The highest BCUT2D eigenvalue weighted by molar-refractivity contribution is 9.10. The van der Waals surface area contributed by atoms with Gasteiger partial charge in [-0.15, -0.1) is 0 Å². The van der Waals surface area contributed by atoms with Crippen LogP contribution in [0.25, 0.3) is 11.3 Å². The van der Waals surface area contributed by atoms with Gasteiger partial charge in [0.1, 0.15) is 11.5 Å². The van der Waals surface area contributed by atoms with Crippen LogP contribution in [0.5, 0.6) is 0 Å². The zero-order valence-corrected chi connectivity index (χ0v) is 15.3. The summed E-state index contributed by atoms with van der Waals surface area (Å²) in [6.45, 7) is 0.0235. The van der Waals surface area contributed by atoms with E-state index in [0.717, 1.165) is 10.0 Å². The highest BCUT2D eigenvalue weighted by Crippen LogP contribution is 2.24. The molecule has 3 rings (SSSR count). The molecule has 1 aromatic heterocycles. The minimum Gasteiger partial charge on any atom is -0.460 e. The third-order valence-corrected chi connectivity index (χ3v) is 5.43. The second kappa shape index (κ2) is 7.23. The first-order chi connectivity index (χ1) is 12.0. The van der Waals surface area contributed by atoms with E-state index in [4.69, 9.17) is 9.68 Å². The number of hydrogen-bond donors (Lipinski definition) is 1. The van der Waals surface area contributed by atoms with Gasteiger partial charge >= 0.3 is 0 Å².